The van der Waals surface area contributed by atoms with Crippen molar-refractivity contribution in [2.24, 2.45) is 0 Å². The fourth-order valence-electron chi connectivity index (χ4n) is 2.22. The standard InChI is InChI=1S/C17H17N3O2/c1-12(21)19-14-8-6-13(7-9-14)10-11-18-17-20-15-4-2-3-5-16(15)22-17/h2-9H,10-11H2,1H3,(H,18,20)(H,19,21). The maximum absolute atomic E-state index is 11.0. The minimum absolute atomic E-state index is 0.0645. The van der Waals surface area contributed by atoms with Crippen LogP contribution in [0.5, 0.6) is 0 Å². The molecule has 0 fully saturated rings. The van der Waals surface area contributed by atoms with Gasteiger partial charge in [0.2, 0.25) is 5.91 Å². The zero-order chi connectivity index (χ0) is 15.4. The normalized spacial score (nSPS) is 10.6. The lowest BCUT2D eigenvalue weighted by atomic mass is 10.1. The second-order valence-electron chi connectivity index (χ2n) is 5.04. The van der Waals surface area contributed by atoms with Crippen LogP contribution in [0.3, 0.4) is 0 Å². The van der Waals surface area contributed by atoms with Crippen molar-refractivity contribution in [2.45, 2.75) is 13.3 Å². The summed E-state index contributed by atoms with van der Waals surface area (Å²) in [5, 5.41) is 5.93. The summed E-state index contributed by atoms with van der Waals surface area (Å²) in [5.74, 6) is -0.0645. The molecule has 1 aromatic heterocycles. The molecule has 0 aliphatic heterocycles. The number of hydrogen-bond acceptors (Lipinski definition) is 4. The Morgan fingerprint density at radius 1 is 1.14 bits per heavy atom. The topological polar surface area (TPSA) is 67.2 Å². The highest BCUT2D eigenvalue weighted by atomic mass is 16.4. The summed E-state index contributed by atoms with van der Waals surface area (Å²) < 4.78 is 5.60. The highest BCUT2D eigenvalue weighted by Gasteiger charge is 2.04. The van der Waals surface area contributed by atoms with Crippen molar-refractivity contribution in [3.8, 4) is 0 Å². The van der Waals surface area contributed by atoms with Crippen molar-refractivity contribution in [3.63, 3.8) is 0 Å². The number of amides is 1. The maximum atomic E-state index is 11.0. The van der Waals surface area contributed by atoms with Crippen molar-refractivity contribution < 1.29 is 9.21 Å². The molecule has 1 amide bonds. The van der Waals surface area contributed by atoms with Crippen LogP contribution in [0, 0.1) is 0 Å². The molecule has 0 saturated carbocycles. The van der Waals surface area contributed by atoms with E-state index >= 15 is 0 Å². The van der Waals surface area contributed by atoms with Gasteiger partial charge in [-0.1, -0.05) is 24.3 Å². The lowest BCUT2D eigenvalue weighted by Crippen LogP contribution is -2.07. The Kier molecular flexibility index (Phi) is 4.05. The Labute approximate surface area is 128 Å². The number of fused-ring (bicyclic) bond motifs is 1. The summed E-state index contributed by atoms with van der Waals surface area (Å²) >= 11 is 0. The summed E-state index contributed by atoms with van der Waals surface area (Å²) in [6.45, 7) is 2.23. The molecule has 0 saturated heterocycles. The molecule has 2 N–H and O–H groups in total. The molecule has 5 nitrogen and oxygen atoms in total. The number of carbonyl (C=O) groups is 1. The van der Waals surface area contributed by atoms with E-state index in [1.165, 1.54) is 12.5 Å². The first-order valence-electron chi connectivity index (χ1n) is 7.17. The minimum atomic E-state index is -0.0645. The monoisotopic (exact) mass is 295 g/mol. The number of nitrogens with zero attached hydrogens (tertiary/aromatic N) is 1. The third-order valence-electron chi connectivity index (χ3n) is 3.26. The van der Waals surface area contributed by atoms with Gasteiger partial charge < -0.3 is 15.1 Å². The third-order valence-corrected chi connectivity index (χ3v) is 3.26. The molecule has 22 heavy (non-hydrogen) atoms. The van der Waals surface area contributed by atoms with Gasteiger partial charge >= 0.3 is 0 Å². The van der Waals surface area contributed by atoms with E-state index in [1.54, 1.807) is 0 Å². The Hall–Kier alpha value is -2.82. The Morgan fingerprint density at radius 3 is 2.64 bits per heavy atom. The van der Waals surface area contributed by atoms with E-state index in [-0.39, 0.29) is 5.91 Å². The minimum Gasteiger partial charge on any atom is -0.424 e. The van der Waals surface area contributed by atoms with Gasteiger partial charge in [0.05, 0.1) is 0 Å². The zero-order valence-electron chi connectivity index (χ0n) is 12.3. The molecule has 0 aliphatic rings. The van der Waals surface area contributed by atoms with Crippen LogP contribution in [0.15, 0.2) is 52.9 Å². The van der Waals surface area contributed by atoms with Gasteiger partial charge in [-0.15, -0.1) is 0 Å². The van der Waals surface area contributed by atoms with E-state index in [2.05, 4.69) is 15.6 Å². The summed E-state index contributed by atoms with van der Waals surface area (Å²) in [7, 11) is 0. The maximum Gasteiger partial charge on any atom is 0.295 e. The molecule has 0 spiro atoms. The first-order chi connectivity index (χ1) is 10.7. The van der Waals surface area contributed by atoms with E-state index in [0.29, 0.717) is 6.01 Å². The average molecular weight is 295 g/mol. The average Bonchev–Trinajstić information content (AvgIpc) is 2.91. The number of rotatable bonds is 5. The Balaban J connectivity index is 1.55. The number of oxazole rings is 1. The van der Waals surface area contributed by atoms with E-state index in [0.717, 1.165) is 29.8 Å². The number of anilines is 2. The van der Waals surface area contributed by atoms with Crippen LogP contribution in [0.1, 0.15) is 12.5 Å². The SMILES string of the molecule is CC(=O)Nc1ccc(CCNc2nc3ccccc3o2)cc1. The van der Waals surface area contributed by atoms with Gasteiger partial charge in [-0.25, -0.2) is 0 Å². The summed E-state index contributed by atoms with van der Waals surface area (Å²) in [4.78, 5) is 15.3. The molecule has 5 heteroatoms. The van der Waals surface area contributed by atoms with E-state index < -0.39 is 0 Å². The van der Waals surface area contributed by atoms with E-state index in [4.69, 9.17) is 4.42 Å². The molecule has 0 bridgehead atoms. The number of carbonyl (C=O) groups excluding carboxylic acids is 1. The van der Waals surface area contributed by atoms with Crippen LogP contribution < -0.4 is 10.6 Å². The number of aromatic nitrogens is 1. The van der Waals surface area contributed by atoms with Crippen molar-refractivity contribution in [2.75, 3.05) is 17.2 Å². The fraction of sp³-hybridized carbons (Fsp3) is 0.176. The van der Waals surface area contributed by atoms with Gasteiger partial charge in [-0.05, 0) is 36.2 Å². The zero-order valence-corrected chi connectivity index (χ0v) is 12.3. The van der Waals surface area contributed by atoms with Crippen LogP contribution in [-0.2, 0) is 11.2 Å². The summed E-state index contributed by atoms with van der Waals surface area (Å²) in [6.07, 6.45) is 0.846. The predicted octanol–water partition coefficient (Wildman–Crippen LogP) is 3.44. The molecule has 0 aliphatic carbocycles. The lowest BCUT2D eigenvalue weighted by molar-refractivity contribution is -0.114. The molecule has 2 aromatic carbocycles. The first-order valence-corrected chi connectivity index (χ1v) is 7.17. The molecule has 0 unspecified atom stereocenters. The van der Waals surface area contributed by atoms with Crippen LogP contribution in [0.4, 0.5) is 11.7 Å². The van der Waals surface area contributed by atoms with Gasteiger partial charge in [0.1, 0.15) is 5.52 Å². The first kappa shape index (κ1) is 14.1. The molecule has 1 heterocycles. The highest BCUT2D eigenvalue weighted by molar-refractivity contribution is 5.88. The van der Waals surface area contributed by atoms with E-state index in [9.17, 15) is 4.79 Å². The van der Waals surface area contributed by atoms with Gasteiger partial charge in [0, 0.05) is 19.2 Å². The number of hydrogen-bond donors (Lipinski definition) is 2. The molecular weight excluding hydrogens is 278 g/mol. The van der Waals surface area contributed by atoms with Crippen LogP contribution in [-0.4, -0.2) is 17.4 Å². The van der Waals surface area contributed by atoms with Crippen molar-refractivity contribution in [1.29, 1.82) is 0 Å². The van der Waals surface area contributed by atoms with Gasteiger partial charge in [-0.2, -0.15) is 4.98 Å². The highest BCUT2D eigenvalue weighted by Crippen LogP contribution is 2.18. The third kappa shape index (κ3) is 3.44. The largest absolute Gasteiger partial charge is 0.424 e. The number of para-hydroxylation sites is 2. The smallest absolute Gasteiger partial charge is 0.295 e. The number of benzene rings is 2. The van der Waals surface area contributed by atoms with Gasteiger partial charge in [0.25, 0.3) is 6.01 Å². The van der Waals surface area contributed by atoms with Crippen molar-refractivity contribution >= 4 is 28.7 Å². The Morgan fingerprint density at radius 2 is 1.91 bits per heavy atom. The van der Waals surface area contributed by atoms with E-state index in [1.807, 2.05) is 48.5 Å². The molecular formula is C17H17N3O2. The molecule has 3 rings (SSSR count). The van der Waals surface area contributed by atoms with Crippen LogP contribution in [0.2, 0.25) is 0 Å². The van der Waals surface area contributed by atoms with Crippen LogP contribution >= 0.6 is 0 Å². The summed E-state index contributed by atoms with van der Waals surface area (Å²) in [5.41, 5.74) is 3.62. The van der Waals surface area contributed by atoms with Crippen molar-refractivity contribution in [3.05, 3.63) is 54.1 Å². The molecule has 3 aromatic rings. The quantitative estimate of drug-likeness (QED) is 0.756. The molecule has 0 atom stereocenters. The predicted molar refractivity (Wildman–Crippen MR) is 86.9 cm³/mol. The molecule has 112 valence electrons. The van der Waals surface area contributed by atoms with Gasteiger partial charge in [0.15, 0.2) is 5.58 Å². The van der Waals surface area contributed by atoms with Crippen molar-refractivity contribution in [1.82, 2.24) is 4.98 Å². The fourth-order valence-corrected chi connectivity index (χ4v) is 2.22. The second-order valence-corrected chi connectivity index (χ2v) is 5.04. The molecule has 0 radical (unpaired) electrons. The second kappa shape index (κ2) is 6.30. The Bertz CT molecular complexity index is 745. The number of nitrogens with one attached hydrogen (secondary N) is 2. The lowest BCUT2D eigenvalue weighted by Gasteiger charge is -2.05. The summed E-state index contributed by atoms with van der Waals surface area (Å²) in [6, 6.07) is 16.0. The van der Waals surface area contributed by atoms with Gasteiger partial charge in [-0.3, -0.25) is 4.79 Å². The van der Waals surface area contributed by atoms with Crippen LogP contribution in [0.25, 0.3) is 11.1 Å².